The van der Waals surface area contributed by atoms with E-state index < -0.39 is 0 Å². The fourth-order valence-corrected chi connectivity index (χ4v) is 1.80. The van der Waals surface area contributed by atoms with E-state index in [4.69, 9.17) is 15.7 Å². The highest BCUT2D eigenvalue weighted by Crippen LogP contribution is 2.31. The summed E-state index contributed by atoms with van der Waals surface area (Å²) in [6.45, 7) is 0.679. The van der Waals surface area contributed by atoms with Crippen LogP contribution in [-0.2, 0) is 0 Å². The van der Waals surface area contributed by atoms with Gasteiger partial charge in [-0.1, -0.05) is 5.16 Å². The van der Waals surface area contributed by atoms with E-state index in [2.05, 4.69) is 20.7 Å². The molecular weight excluding hydrogens is 260 g/mol. The molecule has 1 heterocycles. The fraction of sp³-hybridized carbons (Fsp3) is 0.333. The van der Waals surface area contributed by atoms with E-state index in [1.165, 1.54) is 23.9 Å². The zero-order chi connectivity index (χ0) is 13.9. The van der Waals surface area contributed by atoms with Crippen LogP contribution in [-0.4, -0.2) is 37.9 Å². The third-order valence-corrected chi connectivity index (χ3v) is 3.13. The minimum absolute atomic E-state index is 0.0214. The second kappa shape index (κ2) is 5.16. The van der Waals surface area contributed by atoms with E-state index in [0.29, 0.717) is 29.5 Å². The van der Waals surface area contributed by atoms with Crippen LogP contribution in [0.4, 0.5) is 0 Å². The molecule has 8 nitrogen and oxygen atoms in total. The maximum atomic E-state index is 8.75. The van der Waals surface area contributed by atoms with Crippen LogP contribution >= 0.6 is 0 Å². The monoisotopic (exact) mass is 274 g/mol. The molecule has 3 N–H and O–H groups in total. The first kappa shape index (κ1) is 12.4. The van der Waals surface area contributed by atoms with E-state index in [9.17, 15) is 0 Å². The Hall–Kier alpha value is -2.64. The van der Waals surface area contributed by atoms with E-state index in [1.807, 2.05) is 0 Å². The topological polar surface area (TPSA) is 111 Å². The molecule has 0 aliphatic heterocycles. The number of nitrogens with two attached hydrogens (primary N) is 1. The molecule has 0 bridgehead atoms. The SMILES string of the molecule is NC(=NO)c1ccc(OCC2CC2)c(-n2cnnn2)c1. The number of ether oxygens (including phenoxy) is 1. The van der Waals surface area contributed by atoms with Crippen molar-refractivity contribution in [1.82, 2.24) is 20.2 Å². The molecule has 0 radical (unpaired) electrons. The van der Waals surface area contributed by atoms with Crippen LogP contribution in [0.15, 0.2) is 29.7 Å². The fourth-order valence-electron chi connectivity index (χ4n) is 1.80. The summed E-state index contributed by atoms with van der Waals surface area (Å²) in [6, 6.07) is 5.21. The molecule has 1 aromatic heterocycles. The average Bonchev–Trinajstić information content (AvgIpc) is 3.16. The van der Waals surface area contributed by atoms with Gasteiger partial charge in [-0.25, -0.2) is 0 Å². The molecular formula is C12H14N6O2. The van der Waals surface area contributed by atoms with Gasteiger partial charge in [0.1, 0.15) is 17.8 Å². The van der Waals surface area contributed by atoms with Gasteiger partial charge in [0.15, 0.2) is 5.84 Å². The summed E-state index contributed by atoms with van der Waals surface area (Å²) < 4.78 is 7.28. The van der Waals surface area contributed by atoms with Gasteiger partial charge in [-0.2, -0.15) is 4.68 Å². The Balaban J connectivity index is 1.95. The van der Waals surface area contributed by atoms with Crippen molar-refractivity contribution in [3.63, 3.8) is 0 Å². The first-order valence-corrected chi connectivity index (χ1v) is 6.26. The van der Waals surface area contributed by atoms with Crippen LogP contribution in [0.1, 0.15) is 18.4 Å². The molecule has 3 rings (SSSR count). The van der Waals surface area contributed by atoms with Crippen molar-refractivity contribution < 1.29 is 9.94 Å². The lowest BCUT2D eigenvalue weighted by Gasteiger charge is -2.11. The minimum atomic E-state index is 0.0214. The molecule has 0 atom stereocenters. The van der Waals surface area contributed by atoms with Gasteiger partial charge in [0.05, 0.1) is 6.61 Å². The van der Waals surface area contributed by atoms with E-state index in [0.717, 1.165) is 0 Å². The average molecular weight is 274 g/mol. The molecule has 0 amide bonds. The largest absolute Gasteiger partial charge is 0.491 e. The number of rotatable bonds is 5. The van der Waals surface area contributed by atoms with Gasteiger partial charge < -0.3 is 15.7 Å². The second-order valence-electron chi connectivity index (χ2n) is 4.68. The van der Waals surface area contributed by atoms with Gasteiger partial charge in [-0.15, -0.1) is 5.10 Å². The summed E-state index contributed by atoms with van der Waals surface area (Å²) in [5.41, 5.74) is 6.82. The lowest BCUT2D eigenvalue weighted by molar-refractivity contribution is 0.298. The summed E-state index contributed by atoms with van der Waals surface area (Å²) in [5, 5.41) is 22.8. The van der Waals surface area contributed by atoms with Crippen LogP contribution in [0.2, 0.25) is 0 Å². The van der Waals surface area contributed by atoms with Crippen molar-refractivity contribution in [2.75, 3.05) is 6.61 Å². The van der Waals surface area contributed by atoms with Crippen LogP contribution in [0, 0.1) is 5.92 Å². The highest BCUT2D eigenvalue weighted by molar-refractivity contribution is 5.97. The summed E-state index contributed by atoms with van der Waals surface area (Å²) in [4.78, 5) is 0. The molecule has 20 heavy (non-hydrogen) atoms. The molecule has 104 valence electrons. The van der Waals surface area contributed by atoms with Crippen molar-refractivity contribution >= 4 is 5.84 Å². The Bertz CT molecular complexity index is 621. The Kier molecular flexibility index (Phi) is 3.20. The Morgan fingerprint density at radius 3 is 3.00 bits per heavy atom. The first-order valence-electron chi connectivity index (χ1n) is 6.26. The molecule has 1 saturated carbocycles. The Labute approximate surface area is 114 Å². The van der Waals surface area contributed by atoms with Crippen molar-refractivity contribution in [2.24, 2.45) is 16.8 Å². The molecule has 0 spiro atoms. The maximum absolute atomic E-state index is 8.75. The van der Waals surface area contributed by atoms with Crippen molar-refractivity contribution in [3.05, 3.63) is 30.1 Å². The molecule has 2 aromatic rings. The zero-order valence-electron chi connectivity index (χ0n) is 10.7. The molecule has 1 aliphatic rings. The van der Waals surface area contributed by atoms with Gasteiger partial charge in [-0.05, 0) is 47.4 Å². The normalized spacial score (nSPS) is 15.3. The molecule has 0 unspecified atom stereocenters. The molecule has 1 fully saturated rings. The van der Waals surface area contributed by atoms with Crippen molar-refractivity contribution in [1.29, 1.82) is 0 Å². The minimum Gasteiger partial charge on any atom is -0.491 e. The number of tetrazole rings is 1. The number of amidine groups is 1. The summed E-state index contributed by atoms with van der Waals surface area (Å²) in [5.74, 6) is 1.33. The van der Waals surface area contributed by atoms with Crippen LogP contribution in [0.25, 0.3) is 5.69 Å². The van der Waals surface area contributed by atoms with Crippen LogP contribution in [0.5, 0.6) is 5.75 Å². The van der Waals surface area contributed by atoms with Gasteiger partial charge in [0.2, 0.25) is 0 Å². The van der Waals surface area contributed by atoms with Crippen molar-refractivity contribution in [2.45, 2.75) is 12.8 Å². The van der Waals surface area contributed by atoms with Crippen LogP contribution in [0.3, 0.4) is 0 Å². The molecule has 1 aromatic carbocycles. The zero-order valence-corrected chi connectivity index (χ0v) is 10.7. The van der Waals surface area contributed by atoms with Crippen molar-refractivity contribution in [3.8, 4) is 11.4 Å². The lowest BCUT2D eigenvalue weighted by atomic mass is 10.1. The number of aromatic nitrogens is 4. The summed E-state index contributed by atoms with van der Waals surface area (Å²) in [6.07, 6.45) is 3.89. The second-order valence-corrected chi connectivity index (χ2v) is 4.68. The summed E-state index contributed by atoms with van der Waals surface area (Å²) >= 11 is 0. The standard InChI is InChI=1S/C12H14N6O2/c13-12(15-19)9-3-4-11(20-6-8-1-2-8)10(5-9)18-7-14-16-17-18/h3-5,7-8,19H,1-2,6H2,(H2,13,15). The number of hydrogen-bond acceptors (Lipinski definition) is 6. The van der Waals surface area contributed by atoms with Gasteiger partial charge in [0.25, 0.3) is 0 Å². The smallest absolute Gasteiger partial charge is 0.170 e. The van der Waals surface area contributed by atoms with Crippen LogP contribution < -0.4 is 10.5 Å². The quantitative estimate of drug-likeness (QED) is 0.356. The molecule has 8 heteroatoms. The van der Waals surface area contributed by atoms with Gasteiger partial charge >= 0.3 is 0 Å². The third-order valence-electron chi connectivity index (χ3n) is 3.13. The predicted molar refractivity (Wildman–Crippen MR) is 69.9 cm³/mol. The highest BCUT2D eigenvalue weighted by Gasteiger charge is 2.22. The Morgan fingerprint density at radius 1 is 1.50 bits per heavy atom. The predicted octanol–water partition coefficient (Wildman–Crippen LogP) is 0.546. The van der Waals surface area contributed by atoms with E-state index in [-0.39, 0.29) is 5.84 Å². The number of oxime groups is 1. The van der Waals surface area contributed by atoms with Gasteiger partial charge in [-0.3, -0.25) is 0 Å². The lowest BCUT2D eigenvalue weighted by Crippen LogP contribution is -2.14. The van der Waals surface area contributed by atoms with Gasteiger partial charge in [0, 0.05) is 5.56 Å². The summed E-state index contributed by atoms with van der Waals surface area (Å²) in [7, 11) is 0. The maximum Gasteiger partial charge on any atom is 0.170 e. The first-order chi connectivity index (χ1) is 9.78. The number of benzene rings is 1. The number of hydrogen-bond donors (Lipinski definition) is 2. The number of nitrogens with zero attached hydrogens (tertiary/aromatic N) is 5. The Morgan fingerprint density at radius 2 is 2.35 bits per heavy atom. The van der Waals surface area contributed by atoms with E-state index in [1.54, 1.807) is 18.2 Å². The van der Waals surface area contributed by atoms with E-state index >= 15 is 0 Å². The third kappa shape index (κ3) is 2.53. The molecule has 0 saturated heterocycles. The molecule has 1 aliphatic carbocycles. The highest BCUT2D eigenvalue weighted by atomic mass is 16.5.